The smallest absolute Gasteiger partial charge is 0.282 e. The molecule has 2 aliphatic heterocycles. The fourth-order valence-electron chi connectivity index (χ4n) is 4.31. The molecule has 8 heteroatoms. The Balaban J connectivity index is 1.71. The molecule has 1 N–H and O–H groups in total. The van der Waals surface area contributed by atoms with Gasteiger partial charge in [0.05, 0.1) is 16.8 Å². The highest BCUT2D eigenvalue weighted by Crippen LogP contribution is 2.43. The minimum absolute atomic E-state index is 0.0716. The summed E-state index contributed by atoms with van der Waals surface area (Å²) in [6, 6.07) is 13.4. The molecular formula is C23H25BrCl2N4O. The van der Waals surface area contributed by atoms with Gasteiger partial charge in [-0.25, -0.2) is 5.01 Å². The normalized spacial score (nSPS) is 21.8. The van der Waals surface area contributed by atoms with Crippen LogP contribution in [0.3, 0.4) is 0 Å². The van der Waals surface area contributed by atoms with E-state index < -0.39 is 0 Å². The zero-order chi connectivity index (χ0) is 22.0. The Hall–Kier alpha value is -1.60. The van der Waals surface area contributed by atoms with Crippen molar-refractivity contribution in [1.82, 2.24) is 10.4 Å². The van der Waals surface area contributed by atoms with Gasteiger partial charge in [-0.15, -0.1) is 0 Å². The second-order valence-corrected chi connectivity index (χ2v) is 9.68. The van der Waals surface area contributed by atoms with Crippen molar-refractivity contribution in [2.24, 2.45) is 11.0 Å². The first-order valence-electron chi connectivity index (χ1n) is 10.6. The van der Waals surface area contributed by atoms with Crippen molar-refractivity contribution in [1.29, 1.82) is 0 Å². The fraction of sp³-hybridized carbons (Fsp3) is 0.391. The van der Waals surface area contributed by atoms with Gasteiger partial charge in [-0.05, 0) is 55.2 Å². The van der Waals surface area contributed by atoms with E-state index in [0.717, 1.165) is 48.1 Å². The number of anilines is 1. The molecule has 1 fully saturated rings. The topological polar surface area (TPSA) is 47.9 Å². The van der Waals surface area contributed by atoms with Crippen LogP contribution in [0.2, 0.25) is 10.0 Å². The molecule has 0 bridgehead atoms. The van der Waals surface area contributed by atoms with Crippen LogP contribution in [0.15, 0.2) is 52.0 Å². The van der Waals surface area contributed by atoms with Gasteiger partial charge in [-0.3, -0.25) is 15.2 Å². The number of nitrogens with one attached hydrogen (secondary N) is 1. The van der Waals surface area contributed by atoms with Crippen LogP contribution in [0.5, 0.6) is 0 Å². The Morgan fingerprint density at radius 1 is 1.13 bits per heavy atom. The Bertz CT molecular complexity index is 976. The van der Waals surface area contributed by atoms with Crippen LogP contribution in [0.25, 0.3) is 0 Å². The number of hydrazine groups is 1. The first-order valence-corrected chi connectivity index (χ1v) is 12.2. The second kappa shape index (κ2) is 9.90. The molecule has 2 aliphatic rings. The molecule has 31 heavy (non-hydrogen) atoms. The number of carbonyl (C=O) groups is 1. The Morgan fingerprint density at radius 2 is 1.84 bits per heavy atom. The van der Waals surface area contributed by atoms with E-state index in [-0.39, 0.29) is 17.9 Å². The van der Waals surface area contributed by atoms with Gasteiger partial charge in [-0.2, -0.15) is 5.10 Å². The number of hydrogen-bond donors (Lipinski definition) is 1. The summed E-state index contributed by atoms with van der Waals surface area (Å²) in [4.78, 5) is 13.3. The molecule has 0 aliphatic carbocycles. The lowest BCUT2D eigenvalue weighted by Gasteiger charge is -2.29. The first-order chi connectivity index (χ1) is 15.0. The minimum atomic E-state index is -0.140. The molecule has 0 aromatic heterocycles. The van der Waals surface area contributed by atoms with E-state index in [4.69, 9.17) is 28.3 Å². The highest BCUT2D eigenvalue weighted by Gasteiger charge is 2.42. The molecule has 4 rings (SSSR count). The van der Waals surface area contributed by atoms with Crippen LogP contribution in [0, 0.1) is 5.92 Å². The van der Waals surface area contributed by atoms with Crippen molar-refractivity contribution >= 4 is 56.4 Å². The van der Waals surface area contributed by atoms with E-state index in [9.17, 15) is 4.79 Å². The lowest BCUT2D eigenvalue weighted by molar-refractivity contribution is -0.120. The zero-order valence-corrected chi connectivity index (χ0v) is 20.4. The molecule has 2 aromatic carbocycles. The number of halogens is 3. The fourth-order valence-corrected chi connectivity index (χ4v) is 5.07. The lowest BCUT2D eigenvalue weighted by atomic mass is 9.87. The number of carbonyl (C=O) groups excluding carboxylic acids is 1. The van der Waals surface area contributed by atoms with Crippen molar-refractivity contribution in [2.45, 2.75) is 38.6 Å². The molecule has 1 saturated heterocycles. The number of hydrazone groups is 1. The van der Waals surface area contributed by atoms with E-state index in [1.807, 2.05) is 28.2 Å². The summed E-state index contributed by atoms with van der Waals surface area (Å²) < 4.78 is 1.00. The van der Waals surface area contributed by atoms with E-state index in [0.29, 0.717) is 15.8 Å². The van der Waals surface area contributed by atoms with Crippen molar-refractivity contribution in [3.8, 4) is 0 Å². The van der Waals surface area contributed by atoms with E-state index >= 15 is 0 Å². The highest BCUT2D eigenvalue weighted by molar-refractivity contribution is 9.10. The third kappa shape index (κ3) is 4.92. The van der Waals surface area contributed by atoms with Gasteiger partial charge in [0.2, 0.25) is 0 Å². The van der Waals surface area contributed by atoms with Crippen molar-refractivity contribution in [3.05, 3.63) is 62.5 Å². The predicted octanol–water partition coefficient (Wildman–Crippen LogP) is 6.22. The van der Waals surface area contributed by atoms with Gasteiger partial charge in [-0.1, -0.05) is 64.6 Å². The van der Waals surface area contributed by atoms with Gasteiger partial charge in [0, 0.05) is 28.5 Å². The molecule has 5 nitrogen and oxygen atoms in total. The summed E-state index contributed by atoms with van der Waals surface area (Å²) in [5, 5.41) is 9.77. The van der Waals surface area contributed by atoms with Crippen molar-refractivity contribution in [3.63, 3.8) is 0 Å². The summed E-state index contributed by atoms with van der Waals surface area (Å²) in [5.41, 5.74) is 5.42. The maximum absolute atomic E-state index is 13.3. The van der Waals surface area contributed by atoms with Gasteiger partial charge < -0.3 is 0 Å². The van der Waals surface area contributed by atoms with Crippen LogP contribution >= 0.6 is 39.1 Å². The average molecular weight is 524 g/mol. The molecule has 0 unspecified atom stereocenters. The molecule has 164 valence electrons. The molecule has 0 saturated carbocycles. The van der Waals surface area contributed by atoms with E-state index in [2.05, 4.69) is 40.4 Å². The molecule has 2 heterocycles. The molecule has 1 amide bonds. The summed E-state index contributed by atoms with van der Waals surface area (Å²) in [7, 11) is 0. The molecule has 2 aromatic rings. The van der Waals surface area contributed by atoms with Gasteiger partial charge in [0.1, 0.15) is 5.71 Å². The SMILES string of the molecule is CC[C@@H]1C(C(=O)NN2CCCCC2)=NN(c2ccc(Cl)cc2Cl)[C@H]1c1ccc(Br)cc1. The van der Waals surface area contributed by atoms with Crippen LogP contribution in [0.1, 0.15) is 44.2 Å². The van der Waals surface area contributed by atoms with E-state index in [1.54, 1.807) is 12.1 Å². The largest absolute Gasteiger partial charge is 0.284 e. The number of nitrogens with zero attached hydrogens (tertiary/aromatic N) is 3. The van der Waals surface area contributed by atoms with Crippen LogP contribution in [-0.4, -0.2) is 29.7 Å². The minimum Gasteiger partial charge on any atom is -0.284 e. The highest BCUT2D eigenvalue weighted by atomic mass is 79.9. The summed E-state index contributed by atoms with van der Waals surface area (Å²) >= 11 is 16.2. The van der Waals surface area contributed by atoms with Crippen LogP contribution in [0.4, 0.5) is 5.69 Å². The van der Waals surface area contributed by atoms with Crippen molar-refractivity contribution in [2.75, 3.05) is 18.1 Å². The predicted molar refractivity (Wildman–Crippen MR) is 131 cm³/mol. The van der Waals surface area contributed by atoms with Gasteiger partial charge >= 0.3 is 0 Å². The molecule has 2 atom stereocenters. The zero-order valence-electron chi connectivity index (χ0n) is 17.3. The number of benzene rings is 2. The average Bonchev–Trinajstić information content (AvgIpc) is 3.14. The van der Waals surface area contributed by atoms with Crippen LogP contribution in [-0.2, 0) is 4.79 Å². The van der Waals surface area contributed by atoms with Gasteiger partial charge in [0.25, 0.3) is 5.91 Å². The van der Waals surface area contributed by atoms with Crippen LogP contribution < -0.4 is 10.4 Å². The summed E-state index contributed by atoms with van der Waals surface area (Å²) in [6.45, 7) is 3.84. The first kappa shape index (κ1) is 22.6. The van der Waals surface area contributed by atoms with Gasteiger partial charge in [0.15, 0.2) is 0 Å². The number of amides is 1. The van der Waals surface area contributed by atoms with Crippen molar-refractivity contribution < 1.29 is 4.79 Å². The number of rotatable bonds is 5. The second-order valence-electron chi connectivity index (χ2n) is 7.93. The van der Waals surface area contributed by atoms with E-state index in [1.165, 1.54) is 6.42 Å². The molecular weight excluding hydrogens is 499 g/mol. The maximum atomic E-state index is 13.3. The number of hydrogen-bond acceptors (Lipinski definition) is 4. The standard InChI is InChI=1S/C23H25BrCl2N4O/c1-2-18-21(23(31)28-29-12-4-3-5-13-29)27-30(20-11-10-17(25)14-19(20)26)22(18)15-6-8-16(24)9-7-15/h6-11,14,18,22H,2-5,12-13H2,1H3,(H,28,31)/t18-,22+/m1/s1. The third-order valence-corrected chi connectivity index (χ3v) is 6.93. The Kier molecular flexibility index (Phi) is 7.22. The molecule has 0 spiro atoms. The monoisotopic (exact) mass is 522 g/mol. The quantitative estimate of drug-likeness (QED) is 0.506. The number of piperidine rings is 1. The molecule has 0 radical (unpaired) electrons. The summed E-state index contributed by atoms with van der Waals surface area (Å²) in [5.74, 6) is -0.207. The Morgan fingerprint density at radius 3 is 2.48 bits per heavy atom. The Labute approximate surface area is 201 Å². The maximum Gasteiger partial charge on any atom is 0.282 e. The lowest BCUT2D eigenvalue weighted by Crippen LogP contribution is -2.48. The third-order valence-electron chi connectivity index (χ3n) is 5.87. The summed E-state index contributed by atoms with van der Waals surface area (Å²) in [6.07, 6.45) is 4.17.